The van der Waals surface area contributed by atoms with E-state index >= 15 is 0 Å². The highest BCUT2D eigenvalue weighted by atomic mass is 32.1. The van der Waals surface area contributed by atoms with Gasteiger partial charge < -0.3 is 10.7 Å². The summed E-state index contributed by atoms with van der Waals surface area (Å²) in [6.45, 7) is 7.22. The second-order valence-electron chi connectivity index (χ2n) is 7.40. The number of likely N-dealkylation sites (tertiary alicyclic amines) is 1. The van der Waals surface area contributed by atoms with Crippen LogP contribution in [0.2, 0.25) is 0 Å². The van der Waals surface area contributed by atoms with E-state index in [-0.39, 0.29) is 5.41 Å². The molecule has 5 nitrogen and oxygen atoms in total. The lowest BCUT2D eigenvalue weighted by atomic mass is 9.70. The van der Waals surface area contributed by atoms with Gasteiger partial charge in [-0.05, 0) is 38.4 Å². The molecular formula is C21H27N5S. The Morgan fingerprint density at radius 2 is 1.93 bits per heavy atom. The van der Waals surface area contributed by atoms with Crippen molar-refractivity contribution in [2.24, 2.45) is 0 Å². The number of piperidine rings is 1. The third-order valence-electron chi connectivity index (χ3n) is 5.79. The van der Waals surface area contributed by atoms with Crippen molar-refractivity contribution < 1.29 is 0 Å². The molecule has 4 rings (SSSR count). The van der Waals surface area contributed by atoms with Gasteiger partial charge in [0.25, 0.3) is 0 Å². The Kier molecular flexibility index (Phi) is 5.02. The molecule has 0 bridgehead atoms. The Balaban J connectivity index is 1.55. The fraction of sp³-hybridized carbons (Fsp3) is 0.429. The van der Waals surface area contributed by atoms with Gasteiger partial charge in [0.15, 0.2) is 5.13 Å². The normalized spacial score (nSPS) is 17.3. The SMILES string of the molecule is CCc1nc(CN2CCC(c3ccccc3)(c3csc(N)n3)CC2)c(C)[nH]1. The van der Waals surface area contributed by atoms with Crippen LogP contribution in [-0.2, 0) is 18.4 Å². The van der Waals surface area contributed by atoms with Crippen LogP contribution in [0.25, 0.3) is 0 Å². The molecule has 0 amide bonds. The first-order chi connectivity index (χ1) is 13.1. The number of aromatic amines is 1. The van der Waals surface area contributed by atoms with Crippen molar-refractivity contribution in [1.29, 1.82) is 0 Å². The molecule has 3 heterocycles. The molecule has 142 valence electrons. The summed E-state index contributed by atoms with van der Waals surface area (Å²) in [4.78, 5) is 15.3. The van der Waals surface area contributed by atoms with E-state index in [2.05, 4.69) is 64.4 Å². The van der Waals surface area contributed by atoms with Gasteiger partial charge in [-0.15, -0.1) is 11.3 Å². The minimum atomic E-state index is -0.0406. The lowest BCUT2D eigenvalue weighted by Gasteiger charge is -2.41. The number of nitrogens with zero attached hydrogens (tertiary/aromatic N) is 3. The van der Waals surface area contributed by atoms with Gasteiger partial charge in [-0.3, -0.25) is 4.90 Å². The van der Waals surface area contributed by atoms with Gasteiger partial charge in [-0.25, -0.2) is 9.97 Å². The third kappa shape index (κ3) is 3.51. The van der Waals surface area contributed by atoms with E-state index in [0.29, 0.717) is 5.13 Å². The van der Waals surface area contributed by atoms with Crippen molar-refractivity contribution in [2.45, 2.75) is 45.1 Å². The standard InChI is InChI=1S/C21H27N5S/c1-3-19-23-15(2)17(24-19)13-26-11-9-21(10-12-26,16-7-5-4-6-8-16)18-14-27-20(22)25-18/h4-8,14H,3,9-13H2,1-2H3,(H2,22,25)(H,23,24). The first kappa shape index (κ1) is 18.2. The van der Waals surface area contributed by atoms with Gasteiger partial charge in [0.05, 0.1) is 11.4 Å². The molecule has 27 heavy (non-hydrogen) atoms. The number of hydrogen-bond donors (Lipinski definition) is 2. The zero-order valence-electron chi connectivity index (χ0n) is 16.0. The molecule has 1 saturated heterocycles. The van der Waals surface area contributed by atoms with Crippen LogP contribution >= 0.6 is 11.3 Å². The number of benzene rings is 1. The largest absolute Gasteiger partial charge is 0.375 e. The number of hydrogen-bond acceptors (Lipinski definition) is 5. The Morgan fingerprint density at radius 3 is 2.52 bits per heavy atom. The number of anilines is 1. The number of imidazole rings is 1. The van der Waals surface area contributed by atoms with Crippen molar-refractivity contribution in [3.05, 3.63) is 64.2 Å². The molecule has 0 spiro atoms. The molecule has 0 radical (unpaired) electrons. The summed E-state index contributed by atoms with van der Waals surface area (Å²) in [5.41, 5.74) is 10.8. The summed E-state index contributed by atoms with van der Waals surface area (Å²) in [7, 11) is 0. The van der Waals surface area contributed by atoms with Gasteiger partial charge in [0, 0.05) is 29.5 Å². The lowest BCUT2D eigenvalue weighted by molar-refractivity contribution is 0.168. The summed E-state index contributed by atoms with van der Waals surface area (Å²) < 4.78 is 0. The molecule has 2 aromatic heterocycles. The van der Waals surface area contributed by atoms with Crippen LogP contribution in [0.1, 0.15) is 48.2 Å². The van der Waals surface area contributed by atoms with Gasteiger partial charge >= 0.3 is 0 Å². The molecule has 1 fully saturated rings. The summed E-state index contributed by atoms with van der Waals surface area (Å²) in [5.74, 6) is 1.08. The Morgan fingerprint density at radius 1 is 1.19 bits per heavy atom. The monoisotopic (exact) mass is 381 g/mol. The summed E-state index contributed by atoms with van der Waals surface area (Å²) >= 11 is 1.54. The highest BCUT2D eigenvalue weighted by Gasteiger charge is 2.39. The maximum Gasteiger partial charge on any atom is 0.180 e. The second kappa shape index (κ2) is 7.44. The third-order valence-corrected chi connectivity index (χ3v) is 6.46. The predicted octanol–water partition coefficient (Wildman–Crippen LogP) is 3.90. The van der Waals surface area contributed by atoms with Crippen molar-refractivity contribution in [3.8, 4) is 0 Å². The first-order valence-electron chi connectivity index (χ1n) is 9.64. The first-order valence-corrected chi connectivity index (χ1v) is 10.5. The number of rotatable bonds is 5. The predicted molar refractivity (Wildman–Crippen MR) is 111 cm³/mol. The van der Waals surface area contributed by atoms with Crippen LogP contribution in [0.3, 0.4) is 0 Å². The topological polar surface area (TPSA) is 70.8 Å². The van der Waals surface area contributed by atoms with E-state index < -0.39 is 0 Å². The average Bonchev–Trinajstić information content (AvgIpc) is 3.29. The summed E-state index contributed by atoms with van der Waals surface area (Å²) in [5, 5.41) is 2.80. The van der Waals surface area contributed by atoms with E-state index in [1.807, 2.05) is 0 Å². The van der Waals surface area contributed by atoms with Crippen molar-refractivity contribution >= 4 is 16.5 Å². The number of aromatic nitrogens is 3. The van der Waals surface area contributed by atoms with Gasteiger partial charge in [-0.1, -0.05) is 37.3 Å². The Bertz CT molecular complexity index is 890. The number of nitrogens with one attached hydrogen (secondary N) is 1. The molecule has 1 aliphatic heterocycles. The summed E-state index contributed by atoms with van der Waals surface area (Å²) in [6.07, 6.45) is 3.04. The minimum absolute atomic E-state index is 0.0406. The van der Waals surface area contributed by atoms with Gasteiger partial charge in [0.2, 0.25) is 0 Å². The quantitative estimate of drug-likeness (QED) is 0.703. The molecule has 1 aliphatic rings. The molecule has 0 saturated carbocycles. The number of H-pyrrole nitrogens is 1. The molecule has 3 N–H and O–H groups in total. The van der Waals surface area contributed by atoms with Crippen LogP contribution in [-0.4, -0.2) is 32.9 Å². The fourth-order valence-electron chi connectivity index (χ4n) is 4.15. The maximum absolute atomic E-state index is 5.97. The van der Waals surface area contributed by atoms with Crippen molar-refractivity contribution in [2.75, 3.05) is 18.8 Å². The Labute approximate surface area is 164 Å². The van der Waals surface area contributed by atoms with Crippen LogP contribution in [0.4, 0.5) is 5.13 Å². The van der Waals surface area contributed by atoms with E-state index in [1.54, 1.807) is 11.3 Å². The molecule has 0 unspecified atom stereocenters. The van der Waals surface area contributed by atoms with E-state index in [4.69, 9.17) is 10.7 Å². The van der Waals surface area contributed by atoms with Gasteiger partial charge in [-0.2, -0.15) is 0 Å². The van der Waals surface area contributed by atoms with Crippen LogP contribution in [0.5, 0.6) is 0 Å². The number of nitrogen functional groups attached to an aromatic ring is 1. The number of nitrogens with two attached hydrogens (primary N) is 1. The number of aryl methyl sites for hydroxylation is 2. The van der Waals surface area contributed by atoms with E-state index in [9.17, 15) is 0 Å². The van der Waals surface area contributed by atoms with Crippen molar-refractivity contribution in [1.82, 2.24) is 19.9 Å². The number of thiazole rings is 1. The fourth-order valence-corrected chi connectivity index (χ4v) is 4.81. The minimum Gasteiger partial charge on any atom is -0.375 e. The van der Waals surface area contributed by atoms with E-state index in [1.165, 1.54) is 17.0 Å². The molecule has 0 aliphatic carbocycles. The Hall–Kier alpha value is -2.18. The van der Waals surface area contributed by atoms with Crippen LogP contribution in [0.15, 0.2) is 35.7 Å². The van der Waals surface area contributed by atoms with E-state index in [0.717, 1.165) is 50.4 Å². The molecule has 3 aromatic rings. The highest BCUT2D eigenvalue weighted by Crippen LogP contribution is 2.42. The molecule has 0 atom stereocenters. The molecular weight excluding hydrogens is 354 g/mol. The van der Waals surface area contributed by atoms with Crippen LogP contribution < -0.4 is 5.73 Å². The average molecular weight is 382 g/mol. The molecule has 1 aromatic carbocycles. The smallest absolute Gasteiger partial charge is 0.180 e. The zero-order valence-corrected chi connectivity index (χ0v) is 16.9. The summed E-state index contributed by atoms with van der Waals surface area (Å²) in [6, 6.07) is 10.8. The highest BCUT2D eigenvalue weighted by molar-refractivity contribution is 7.13. The van der Waals surface area contributed by atoms with Crippen molar-refractivity contribution in [3.63, 3.8) is 0 Å². The van der Waals surface area contributed by atoms with Crippen LogP contribution in [0, 0.1) is 6.92 Å². The lowest BCUT2D eigenvalue weighted by Crippen LogP contribution is -2.43. The zero-order chi connectivity index (χ0) is 18.9. The molecule has 6 heteroatoms. The second-order valence-corrected chi connectivity index (χ2v) is 8.29. The maximum atomic E-state index is 5.97. The van der Waals surface area contributed by atoms with Gasteiger partial charge in [0.1, 0.15) is 5.82 Å².